The van der Waals surface area contributed by atoms with Gasteiger partial charge in [-0.15, -0.1) is 10.2 Å². The highest BCUT2D eigenvalue weighted by Gasteiger charge is 2.31. The number of anilines is 1. The quantitative estimate of drug-likeness (QED) is 0.638. The van der Waals surface area contributed by atoms with E-state index in [1.807, 2.05) is 30.3 Å². The van der Waals surface area contributed by atoms with E-state index in [1.165, 1.54) is 6.33 Å². The predicted molar refractivity (Wildman–Crippen MR) is 95.0 cm³/mol. The van der Waals surface area contributed by atoms with E-state index in [0.717, 1.165) is 17.4 Å². The van der Waals surface area contributed by atoms with E-state index in [-0.39, 0.29) is 16.6 Å². The van der Waals surface area contributed by atoms with E-state index in [9.17, 15) is 18.0 Å². The average molecular weight is 414 g/mol. The third-order valence-electron chi connectivity index (χ3n) is 3.31. The van der Waals surface area contributed by atoms with Gasteiger partial charge in [-0.25, -0.2) is 4.98 Å². The van der Waals surface area contributed by atoms with Crippen molar-refractivity contribution in [2.75, 3.05) is 11.1 Å². The summed E-state index contributed by atoms with van der Waals surface area (Å²) < 4.78 is 39.5. The molecule has 0 bridgehead atoms. The number of pyridine rings is 1. The van der Waals surface area contributed by atoms with Crippen molar-refractivity contribution in [1.29, 1.82) is 0 Å². The summed E-state index contributed by atoms with van der Waals surface area (Å²) in [6.45, 7) is 0. The minimum atomic E-state index is -4.56. The van der Waals surface area contributed by atoms with Crippen LogP contribution in [-0.2, 0) is 11.0 Å². The topological polar surface area (TPSA) is 72.7 Å². The summed E-state index contributed by atoms with van der Waals surface area (Å²) in [5.74, 6) is -0.679. The number of thioether (sulfide) groups is 1. The van der Waals surface area contributed by atoms with Gasteiger partial charge in [-0.05, 0) is 18.2 Å². The summed E-state index contributed by atoms with van der Waals surface area (Å²) in [6.07, 6.45) is -2.43. The minimum Gasteiger partial charge on any atom is -0.309 e. The van der Waals surface area contributed by atoms with Gasteiger partial charge in [0, 0.05) is 11.9 Å². The largest absolute Gasteiger partial charge is 0.417 e. The van der Waals surface area contributed by atoms with Gasteiger partial charge < -0.3 is 5.32 Å². The molecule has 1 amide bonds. The summed E-state index contributed by atoms with van der Waals surface area (Å²) in [4.78, 5) is 15.6. The van der Waals surface area contributed by atoms with Crippen LogP contribution in [0.15, 0.2) is 54.1 Å². The van der Waals surface area contributed by atoms with E-state index in [2.05, 4.69) is 20.5 Å². The summed E-state index contributed by atoms with van der Waals surface area (Å²) in [7, 11) is 0. The molecule has 0 saturated heterocycles. The second-order valence-corrected chi connectivity index (χ2v) is 6.56. The van der Waals surface area contributed by atoms with Crippen molar-refractivity contribution >= 4 is 35.1 Å². The van der Waals surface area contributed by atoms with Gasteiger partial charge in [-0.2, -0.15) is 13.2 Å². The number of amides is 1. The summed E-state index contributed by atoms with van der Waals surface area (Å²) in [5, 5.41) is 10.4. The molecule has 1 N–H and O–H groups in total. The number of para-hydroxylation sites is 1. The SMILES string of the molecule is O=C(CSc1nncn1-c1ccccc1)Nc1ncc(C(F)(F)F)cc1Cl. The standard InChI is InChI=1S/C16H11ClF3N5OS/c17-12-6-10(16(18,19)20)7-21-14(12)23-13(26)8-27-15-24-22-9-25(15)11-4-2-1-3-5-11/h1-7,9H,8H2,(H,21,23,26). The van der Waals surface area contributed by atoms with Crippen LogP contribution in [0.25, 0.3) is 5.69 Å². The van der Waals surface area contributed by atoms with Crippen LogP contribution in [0, 0.1) is 0 Å². The molecule has 0 atom stereocenters. The Labute approximate surface area is 160 Å². The molecule has 0 unspecified atom stereocenters. The van der Waals surface area contributed by atoms with Crippen molar-refractivity contribution in [2.24, 2.45) is 0 Å². The van der Waals surface area contributed by atoms with Gasteiger partial charge in [-0.1, -0.05) is 41.6 Å². The Morgan fingerprint density at radius 1 is 1.26 bits per heavy atom. The highest BCUT2D eigenvalue weighted by molar-refractivity contribution is 7.99. The number of benzene rings is 1. The zero-order chi connectivity index (χ0) is 19.4. The molecule has 0 fully saturated rings. The van der Waals surface area contributed by atoms with Crippen LogP contribution in [0.3, 0.4) is 0 Å². The van der Waals surface area contributed by atoms with E-state index in [1.54, 1.807) is 4.57 Å². The normalized spacial score (nSPS) is 11.4. The maximum Gasteiger partial charge on any atom is 0.417 e. The van der Waals surface area contributed by atoms with Crippen molar-refractivity contribution in [2.45, 2.75) is 11.3 Å². The number of alkyl halides is 3. The second-order valence-electron chi connectivity index (χ2n) is 5.21. The molecule has 0 spiro atoms. The molecule has 0 aliphatic rings. The highest BCUT2D eigenvalue weighted by atomic mass is 35.5. The average Bonchev–Trinajstić information content (AvgIpc) is 3.10. The Morgan fingerprint density at radius 2 is 2.00 bits per heavy atom. The maximum atomic E-state index is 12.6. The van der Waals surface area contributed by atoms with E-state index >= 15 is 0 Å². The van der Waals surface area contributed by atoms with Gasteiger partial charge in [0.15, 0.2) is 11.0 Å². The van der Waals surface area contributed by atoms with Crippen LogP contribution in [-0.4, -0.2) is 31.4 Å². The Bertz CT molecular complexity index is 949. The smallest absolute Gasteiger partial charge is 0.309 e. The van der Waals surface area contributed by atoms with E-state index in [0.29, 0.717) is 17.4 Å². The number of nitrogens with one attached hydrogen (secondary N) is 1. The van der Waals surface area contributed by atoms with Crippen LogP contribution in [0.5, 0.6) is 0 Å². The number of hydrogen-bond donors (Lipinski definition) is 1. The Balaban J connectivity index is 1.64. The molecule has 0 aliphatic heterocycles. The lowest BCUT2D eigenvalue weighted by molar-refractivity contribution is -0.137. The molecule has 2 heterocycles. The first-order valence-corrected chi connectivity index (χ1v) is 8.82. The fourth-order valence-electron chi connectivity index (χ4n) is 2.07. The molecule has 3 rings (SSSR count). The lowest BCUT2D eigenvalue weighted by atomic mass is 10.3. The van der Waals surface area contributed by atoms with Gasteiger partial charge in [0.25, 0.3) is 0 Å². The minimum absolute atomic E-state index is 0.0510. The lowest BCUT2D eigenvalue weighted by Crippen LogP contribution is -2.16. The third-order valence-corrected chi connectivity index (χ3v) is 4.54. The molecule has 11 heteroatoms. The molecule has 0 radical (unpaired) electrons. The highest BCUT2D eigenvalue weighted by Crippen LogP contribution is 2.32. The van der Waals surface area contributed by atoms with Crippen molar-refractivity contribution in [3.8, 4) is 5.69 Å². The van der Waals surface area contributed by atoms with Crippen molar-refractivity contribution in [3.05, 3.63) is 59.5 Å². The number of carbonyl (C=O) groups is 1. The van der Waals surface area contributed by atoms with Gasteiger partial charge in [-0.3, -0.25) is 9.36 Å². The molecule has 27 heavy (non-hydrogen) atoms. The zero-order valence-corrected chi connectivity index (χ0v) is 15.0. The third kappa shape index (κ3) is 4.77. The van der Waals surface area contributed by atoms with Crippen LogP contribution in [0.2, 0.25) is 5.02 Å². The molecular formula is C16H11ClF3N5OS. The van der Waals surface area contributed by atoms with Gasteiger partial charge in [0.05, 0.1) is 16.3 Å². The molecule has 0 aliphatic carbocycles. The van der Waals surface area contributed by atoms with Crippen LogP contribution >= 0.6 is 23.4 Å². The molecule has 1 aromatic carbocycles. The Hall–Kier alpha value is -2.59. The fraction of sp³-hybridized carbons (Fsp3) is 0.125. The number of aromatic nitrogens is 4. The first-order valence-electron chi connectivity index (χ1n) is 7.45. The molecule has 140 valence electrons. The van der Waals surface area contributed by atoms with Crippen LogP contribution in [0.1, 0.15) is 5.56 Å². The van der Waals surface area contributed by atoms with Crippen molar-refractivity contribution in [3.63, 3.8) is 0 Å². The predicted octanol–water partition coefficient (Wildman–Crippen LogP) is 4.07. The zero-order valence-electron chi connectivity index (χ0n) is 13.4. The number of halogens is 4. The number of hydrogen-bond acceptors (Lipinski definition) is 5. The lowest BCUT2D eigenvalue weighted by Gasteiger charge is -2.10. The van der Waals surface area contributed by atoms with Gasteiger partial charge in [0.1, 0.15) is 6.33 Å². The van der Waals surface area contributed by atoms with Crippen LogP contribution < -0.4 is 5.32 Å². The van der Waals surface area contributed by atoms with E-state index in [4.69, 9.17) is 11.6 Å². The summed E-state index contributed by atoms with van der Waals surface area (Å²) in [5.41, 5.74) is -0.159. The molecule has 0 saturated carbocycles. The van der Waals surface area contributed by atoms with Crippen molar-refractivity contribution < 1.29 is 18.0 Å². The van der Waals surface area contributed by atoms with E-state index < -0.39 is 17.6 Å². The Morgan fingerprint density at radius 3 is 2.67 bits per heavy atom. The van der Waals surface area contributed by atoms with Gasteiger partial charge >= 0.3 is 6.18 Å². The van der Waals surface area contributed by atoms with Crippen LogP contribution in [0.4, 0.5) is 19.0 Å². The van der Waals surface area contributed by atoms with Gasteiger partial charge in [0.2, 0.25) is 5.91 Å². The molecule has 6 nitrogen and oxygen atoms in total. The molecular weight excluding hydrogens is 403 g/mol. The number of carbonyl (C=O) groups excluding carboxylic acids is 1. The monoisotopic (exact) mass is 413 g/mol. The fourth-order valence-corrected chi connectivity index (χ4v) is 3.01. The first kappa shape index (κ1) is 19.2. The summed E-state index contributed by atoms with van der Waals surface area (Å²) >= 11 is 6.89. The first-order chi connectivity index (χ1) is 12.8. The molecule has 2 aromatic heterocycles. The summed E-state index contributed by atoms with van der Waals surface area (Å²) in [6, 6.07) is 10.0. The van der Waals surface area contributed by atoms with Crippen molar-refractivity contribution in [1.82, 2.24) is 19.7 Å². The maximum absolute atomic E-state index is 12.6. The second kappa shape index (κ2) is 7.97. The number of nitrogens with zero attached hydrogens (tertiary/aromatic N) is 4. The molecule has 3 aromatic rings. The number of rotatable bonds is 5. The Kier molecular flexibility index (Phi) is 5.66.